The van der Waals surface area contributed by atoms with Gasteiger partial charge in [0.05, 0.1) is 13.2 Å². The van der Waals surface area contributed by atoms with Crippen molar-refractivity contribution < 1.29 is 22.1 Å². The normalized spacial score (nSPS) is 11.4. The Morgan fingerprint density at radius 3 is 1.69 bits per heavy atom. The van der Waals surface area contributed by atoms with E-state index in [-0.39, 0.29) is 23.3 Å². The van der Waals surface area contributed by atoms with Gasteiger partial charge in [-0.05, 0) is 61.4 Å². The molecule has 0 aliphatic rings. The van der Waals surface area contributed by atoms with Crippen LogP contribution in [0.25, 0.3) is 0 Å². The van der Waals surface area contributed by atoms with Gasteiger partial charge in [0.15, 0.2) is 0 Å². The van der Waals surface area contributed by atoms with E-state index in [1.807, 2.05) is 0 Å². The minimum absolute atomic E-state index is 0.115. The summed E-state index contributed by atoms with van der Waals surface area (Å²) < 4.78 is 52.1. The second-order valence-corrected chi connectivity index (χ2v) is 6.53. The maximum absolute atomic E-state index is 14.7. The summed E-state index contributed by atoms with van der Waals surface area (Å²) in [7, 11) is 0. The lowest BCUT2D eigenvalue weighted by molar-refractivity contribution is 0.0427. The molecular formula is C19H20ClF3O2S. The molecule has 0 saturated heterocycles. The molecule has 0 radical (unpaired) electrons. The highest BCUT2D eigenvalue weighted by atomic mass is 35.5. The third kappa shape index (κ3) is 6.02. The van der Waals surface area contributed by atoms with Crippen molar-refractivity contribution in [2.24, 2.45) is 0 Å². The number of alkyl halides is 3. The van der Waals surface area contributed by atoms with Crippen molar-refractivity contribution in [2.45, 2.75) is 18.8 Å². The molecule has 2 aromatic rings. The van der Waals surface area contributed by atoms with E-state index in [0.29, 0.717) is 49.2 Å². The summed E-state index contributed by atoms with van der Waals surface area (Å²) in [5, 5.41) is 0. The molecule has 7 heteroatoms. The van der Waals surface area contributed by atoms with E-state index >= 15 is 0 Å². The fraction of sp³-hybridized carbons (Fsp3) is 0.368. The van der Waals surface area contributed by atoms with Crippen molar-refractivity contribution >= 4 is 23.7 Å². The summed E-state index contributed by atoms with van der Waals surface area (Å²) in [5.74, 6) is -1.27. The van der Waals surface area contributed by atoms with Crippen molar-refractivity contribution in [3.8, 4) is 11.5 Å². The Labute approximate surface area is 160 Å². The van der Waals surface area contributed by atoms with Crippen LogP contribution < -0.4 is 9.47 Å². The Morgan fingerprint density at radius 1 is 0.808 bits per heavy atom. The second-order valence-electron chi connectivity index (χ2n) is 5.53. The fourth-order valence-corrected chi connectivity index (χ4v) is 2.57. The van der Waals surface area contributed by atoms with Crippen molar-refractivity contribution in [3.05, 3.63) is 59.7 Å². The van der Waals surface area contributed by atoms with Crippen molar-refractivity contribution in [1.29, 1.82) is 0 Å². The molecule has 26 heavy (non-hydrogen) atoms. The molecule has 0 unspecified atom stereocenters. The first-order valence-corrected chi connectivity index (χ1v) is 9.64. The lowest BCUT2D eigenvalue weighted by Crippen LogP contribution is -2.15. The molecule has 0 fully saturated rings. The quantitative estimate of drug-likeness (QED) is 0.327. The third-order valence-corrected chi connectivity index (χ3v) is 4.33. The smallest absolute Gasteiger partial charge is 0.298 e. The van der Waals surface area contributed by atoms with Gasteiger partial charge in [-0.3, -0.25) is 0 Å². The van der Waals surface area contributed by atoms with Gasteiger partial charge < -0.3 is 9.47 Å². The van der Waals surface area contributed by atoms with Crippen LogP contribution in [0.5, 0.6) is 11.5 Å². The molecule has 0 spiro atoms. The Hall–Kier alpha value is -1.53. The first-order chi connectivity index (χ1) is 12.6. The lowest BCUT2D eigenvalue weighted by atomic mass is 10.0. The van der Waals surface area contributed by atoms with E-state index in [0.717, 1.165) is 0 Å². The van der Waals surface area contributed by atoms with E-state index in [1.54, 1.807) is 0 Å². The zero-order valence-electron chi connectivity index (χ0n) is 14.1. The average Bonchev–Trinajstić information content (AvgIpc) is 2.66. The first-order valence-electron chi connectivity index (χ1n) is 8.22. The Bertz CT molecular complexity index is 651. The van der Waals surface area contributed by atoms with Crippen molar-refractivity contribution in [1.82, 2.24) is 0 Å². The van der Waals surface area contributed by atoms with E-state index < -0.39 is 5.92 Å². The van der Waals surface area contributed by atoms with Crippen LogP contribution in [0.2, 0.25) is 0 Å². The zero-order chi connectivity index (χ0) is 18.8. The molecular weight excluding hydrogens is 385 g/mol. The highest BCUT2D eigenvalue weighted by Gasteiger charge is 2.33. The minimum Gasteiger partial charge on any atom is -0.494 e. The van der Waals surface area contributed by atoms with Gasteiger partial charge >= 0.3 is 0 Å². The Kier molecular flexibility index (Phi) is 8.45. The molecule has 0 atom stereocenters. The minimum atomic E-state index is -3.13. The summed E-state index contributed by atoms with van der Waals surface area (Å²) in [4.78, 5) is 0. The predicted octanol–water partition coefficient (Wildman–Crippen LogP) is 6.22. The lowest BCUT2D eigenvalue weighted by Gasteiger charge is -2.18. The van der Waals surface area contributed by atoms with Crippen molar-refractivity contribution in [2.75, 3.05) is 24.8 Å². The molecule has 0 aliphatic carbocycles. The van der Waals surface area contributed by atoms with E-state index in [4.69, 9.17) is 21.1 Å². The van der Waals surface area contributed by atoms with Crippen LogP contribution in [0, 0.1) is 0 Å². The first kappa shape index (κ1) is 20.8. The van der Waals surface area contributed by atoms with Gasteiger partial charge in [0.1, 0.15) is 11.5 Å². The third-order valence-electron chi connectivity index (χ3n) is 3.61. The van der Waals surface area contributed by atoms with Crippen LogP contribution in [-0.2, 0) is 5.92 Å². The van der Waals surface area contributed by atoms with E-state index in [9.17, 15) is 12.7 Å². The zero-order valence-corrected chi connectivity index (χ0v) is 15.7. The molecule has 2 nitrogen and oxygen atoms in total. The molecule has 0 bridgehead atoms. The van der Waals surface area contributed by atoms with Crippen LogP contribution >= 0.6 is 23.7 Å². The van der Waals surface area contributed by atoms with Gasteiger partial charge in [-0.1, -0.05) is 0 Å². The van der Waals surface area contributed by atoms with Gasteiger partial charge in [-0.15, -0.1) is 11.6 Å². The molecule has 0 aromatic heterocycles. The number of hydrogen-bond donors (Lipinski definition) is 0. The molecule has 2 rings (SSSR count). The molecule has 142 valence electrons. The summed E-state index contributed by atoms with van der Waals surface area (Å²) in [5.41, 5.74) is -0.240. The van der Waals surface area contributed by atoms with E-state index in [1.165, 1.54) is 48.5 Å². The standard InChI is InChI=1S/C19H20ClF3O2S/c20-11-1-12-24-17-7-3-15(4-8-17)19(21,22)16-5-9-18(10-6-16)25-13-2-14-26-23/h3-10H,1-2,11-14H2. The number of benzene rings is 2. The Balaban J connectivity index is 1.99. The molecule has 0 amide bonds. The molecule has 2 aromatic carbocycles. The van der Waals surface area contributed by atoms with Crippen molar-refractivity contribution in [3.63, 3.8) is 0 Å². The summed E-state index contributed by atoms with van der Waals surface area (Å²) in [6.07, 6.45) is 1.25. The van der Waals surface area contributed by atoms with Gasteiger partial charge in [0.25, 0.3) is 5.92 Å². The topological polar surface area (TPSA) is 18.5 Å². The van der Waals surface area contributed by atoms with Crippen LogP contribution in [-0.4, -0.2) is 24.8 Å². The van der Waals surface area contributed by atoms with Crippen LogP contribution in [0.1, 0.15) is 24.0 Å². The fourth-order valence-electron chi connectivity index (χ4n) is 2.24. The number of hydrogen-bond acceptors (Lipinski definition) is 3. The highest BCUT2D eigenvalue weighted by molar-refractivity contribution is 7.94. The predicted molar refractivity (Wildman–Crippen MR) is 100 cm³/mol. The number of ether oxygens (including phenoxy) is 2. The SMILES string of the molecule is FSCCCOc1ccc(C(F)(F)c2ccc(OCCCCl)cc2)cc1. The Morgan fingerprint density at radius 2 is 1.27 bits per heavy atom. The number of rotatable bonds is 11. The largest absolute Gasteiger partial charge is 0.494 e. The molecule has 0 N–H and O–H groups in total. The summed E-state index contributed by atoms with van der Waals surface area (Å²) >= 11 is 5.82. The van der Waals surface area contributed by atoms with Gasteiger partial charge in [-0.25, -0.2) is 0 Å². The van der Waals surface area contributed by atoms with Gasteiger partial charge in [-0.2, -0.15) is 12.7 Å². The van der Waals surface area contributed by atoms with Crippen LogP contribution in [0.4, 0.5) is 12.7 Å². The van der Waals surface area contributed by atoms with Gasteiger partial charge in [0, 0.05) is 34.9 Å². The van der Waals surface area contributed by atoms with Crippen LogP contribution in [0.3, 0.4) is 0 Å². The summed E-state index contributed by atoms with van der Waals surface area (Å²) in [6, 6.07) is 11.4. The van der Waals surface area contributed by atoms with Gasteiger partial charge in [0.2, 0.25) is 0 Å². The molecule has 0 saturated carbocycles. The van der Waals surface area contributed by atoms with E-state index in [2.05, 4.69) is 0 Å². The highest BCUT2D eigenvalue weighted by Crippen LogP contribution is 2.37. The number of halogens is 4. The second kappa shape index (κ2) is 10.6. The maximum Gasteiger partial charge on any atom is 0.298 e. The maximum atomic E-state index is 14.7. The monoisotopic (exact) mass is 404 g/mol. The molecule has 0 aliphatic heterocycles. The van der Waals surface area contributed by atoms with Crippen LogP contribution in [0.15, 0.2) is 48.5 Å². The summed E-state index contributed by atoms with van der Waals surface area (Å²) in [6.45, 7) is 0.794. The molecule has 0 heterocycles. The average molecular weight is 405 g/mol.